The minimum absolute atomic E-state index is 0.108. The number of aryl methyl sites for hydroxylation is 2. The third-order valence-corrected chi connectivity index (χ3v) is 8.20. The van der Waals surface area contributed by atoms with Gasteiger partial charge < -0.3 is 0 Å². The monoisotopic (exact) mass is 613 g/mol. The molecule has 0 atom stereocenters. The molecule has 0 saturated carbocycles. The number of hydrogen-bond acceptors (Lipinski definition) is 9. The second kappa shape index (κ2) is 12.4. The van der Waals surface area contributed by atoms with Crippen molar-refractivity contribution >= 4 is 28.5 Å². The summed E-state index contributed by atoms with van der Waals surface area (Å²) in [5.41, 5.74) is -3.43. The molecule has 0 fully saturated rings. The van der Waals surface area contributed by atoms with Gasteiger partial charge in [-0.3, -0.25) is 0 Å². The van der Waals surface area contributed by atoms with E-state index in [9.17, 15) is 47.7 Å². The zero-order valence-corrected chi connectivity index (χ0v) is 22.0. The van der Waals surface area contributed by atoms with Crippen LogP contribution < -0.4 is 0 Å². The summed E-state index contributed by atoms with van der Waals surface area (Å²) in [6, 6.07) is 5.33. The maximum atomic E-state index is 13.3. The molecular weight excluding hydrogens is 593 g/mol. The van der Waals surface area contributed by atoms with Gasteiger partial charge >= 0.3 is 20.6 Å². The van der Waals surface area contributed by atoms with Crippen molar-refractivity contribution in [2.24, 2.45) is 0 Å². The predicted octanol–water partition coefficient (Wildman–Crippen LogP) is 5.57. The van der Waals surface area contributed by atoms with Crippen LogP contribution in [-0.4, -0.2) is 30.4 Å². The molecule has 0 aliphatic heterocycles. The molecule has 2 aromatic carbocycles. The molecule has 0 amide bonds. The molecule has 0 aromatic heterocycles. The van der Waals surface area contributed by atoms with Gasteiger partial charge in [0.2, 0.25) is 13.6 Å². The number of benzene rings is 2. The summed E-state index contributed by atoms with van der Waals surface area (Å²) in [6.07, 6.45) is -10.3. The van der Waals surface area contributed by atoms with Crippen molar-refractivity contribution in [1.82, 2.24) is 0 Å². The van der Waals surface area contributed by atoms with Gasteiger partial charge in [0.05, 0.1) is 11.1 Å². The molecule has 38 heavy (non-hydrogen) atoms. The van der Waals surface area contributed by atoms with Crippen LogP contribution in [0, 0.1) is 0 Å². The second-order valence-corrected chi connectivity index (χ2v) is 11.2. The maximum Gasteiger partial charge on any atom is 0.702 e. The van der Waals surface area contributed by atoms with Crippen LogP contribution in [0.5, 0.6) is 0 Å². The van der Waals surface area contributed by atoms with Gasteiger partial charge in [0.25, 0.3) is 20.2 Å². The van der Waals surface area contributed by atoms with Crippen LogP contribution in [0.3, 0.4) is 0 Å². The van der Waals surface area contributed by atoms with Crippen LogP contribution in [-0.2, 0) is 67.4 Å². The molecule has 0 aliphatic carbocycles. The minimum atomic E-state index is -5.08. The topological polar surface area (TPSA) is 122 Å². The van der Waals surface area contributed by atoms with E-state index in [1.807, 2.05) is 0 Å². The molecule has 9 nitrogen and oxygen atoms in total. The first-order chi connectivity index (χ1) is 17.5. The average molecular weight is 613 g/mol. The molecule has 0 aliphatic rings. The fourth-order valence-corrected chi connectivity index (χ4v) is 6.23. The molecule has 0 heterocycles. The van der Waals surface area contributed by atoms with Crippen molar-refractivity contribution < 1.29 is 65.2 Å². The number of hydrogen-bond donors (Lipinski definition) is 0. The Bertz CT molecular complexity index is 1270. The van der Waals surface area contributed by atoms with Gasteiger partial charge in [0.1, 0.15) is 9.79 Å². The summed E-state index contributed by atoms with van der Waals surface area (Å²) < 4.78 is 159. The van der Waals surface area contributed by atoms with E-state index in [0.717, 1.165) is 24.3 Å². The van der Waals surface area contributed by atoms with Gasteiger partial charge in [-0.1, -0.05) is 47.2 Å². The normalized spacial score (nSPS) is 13.1. The lowest BCUT2D eigenvalue weighted by molar-refractivity contribution is -0.140. The SMILES string of the molecule is CCc1cccc(C(F)(F)F)c1S(=O)(=O)OCO[P+](=O)OCOS(=O)(=O)c1c(CC)cccc1C(F)(F)F. The fourth-order valence-electron chi connectivity index (χ4n) is 3.17. The molecule has 2 rings (SSSR count). The summed E-state index contributed by atoms with van der Waals surface area (Å²) in [5.74, 6) is 0. The number of alkyl halides is 6. The zero-order chi connectivity index (χ0) is 28.9. The quantitative estimate of drug-likeness (QED) is 0.131. The Balaban J connectivity index is 2.06. The van der Waals surface area contributed by atoms with E-state index in [1.54, 1.807) is 0 Å². The average Bonchev–Trinajstić information content (AvgIpc) is 2.81. The Labute approximate surface area is 214 Å². The Morgan fingerprint density at radius 2 is 1.03 bits per heavy atom. The summed E-state index contributed by atoms with van der Waals surface area (Å²) in [4.78, 5) is -2.33. The zero-order valence-electron chi connectivity index (χ0n) is 19.5. The van der Waals surface area contributed by atoms with E-state index in [4.69, 9.17) is 0 Å². The highest BCUT2D eigenvalue weighted by Gasteiger charge is 2.40. The largest absolute Gasteiger partial charge is 0.702 e. The highest BCUT2D eigenvalue weighted by atomic mass is 32.2. The maximum absolute atomic E-state index is 13.3. The molecule has 0 unspecified atom stereocenters. The van der Waals surface area contributed by atoms with E-state index in [1.165, 1.54) is 13.8 Å². The lowest BCUT2D eigenvalue weighted by Crippen LogP contribution is -2.18. The Morgan fingerprint density at radius 1 is 0.684 bits per heavy atom. The number of halogens is 6. The first kappa shape index (κ1) is 32.1. The lowest BCUT2D eigenvalue weighted by atomic mass is 10.1. The molecular formula is C20H20F6O9PS2+. The second-order valence-electron chi connectivity index (χ2n) is 7.15. The van der Waals surface area contributed by atoms with Crippen molar-refractivity contribution in [2.45, 2.75) is 48.8 Å². The molecule has 0 bridgehead atoms. The van der Waals surface area contributed by atoms with Crippen molar-refractivity contribution in [3.05, 3.63) is 58.7 Å². The van der Waals surface area contributed by atoms with Gasteiger partial charge in [0.15, 0.2) is 0 Å². The summed E-state index contributed by atoms with van der Waals surface area (Å²) in [5, 5.41) is 0. The molecule has 0 radical (unpaired) electrons. The standard InChI is InChI=1S/C20H20F6O9PS2/c1-3-13-7-5-9-15(19(21,22)23)17(13)37(28,29)34-11-32-36(27)33-12-35-38(30,31)18-14(4-2)8-6-10-16(18)20(24,25)26/h5-10H,3-4,11-12H2,1-2H3/q+1. The summed E-state index contributed by atoms with van der Waals surface area (Å²) in [6.45, 7) is -0.00617. The lowest BCUT2D eigenvalue weighted by Gasteiger charge is -2.15. The molecule has 212 valence electrons. The molecule has 0 N–H and O–H groups in total. The smallest absolute Gasteiger partial charge is 0.232 e. The van der Waals surface area contributed by atoms with Crippen LogP contribution in [0.1, 0.15) is 36.1 Å². The Morgan fingerprint density at radius 3 is 1.32 bits per heavy atom. The van der Waals surface area contributed by atoms with E-state index in [2.05, 4.69) is 17.4 Å². The van der Waals surface area contributed by atoms with E-state index in [-0.39, 0.29) is 24.0 Å². The highest BCUT2D eigenvalue weighted by molar-refractivity contribution is 7.87. The van der Waals surface area contributed by atoms with E-state index >= 15 is 0 Å². The first-order valence-electron chi connectivity index (χ1n) is 10.4. The van der Waals surface area contributed by atoms with Gasteiger partial charge in [0, 0.05) is 4.57 Å². The van der Waals surface area contributed by atoms with Crippen LogP contribution in [0.15, 0.2) is 46.2 Å². The van der Waals surface area contributed by atoms with Crippen LogP contribution in [0.25, 0.3) is 0 Å². The summed E-state index contributed by atoms with van der Waals surface area (Å²) in [7, 11) is -13.5. The van der Waals surface area contributed by atoms with Crippen LogP contribution >= 0.6 is 8.25 Å². The molecule has 0 saturated heterocycles. The number of rotatable bonds is 12. The third-order valence-electron chi connectivity index (χ3n) is 4.79. The van der Waals surface area contributed by atoms with Crippen molar-refractivity contribution in [3.63, 3.8) is 0 Å². The Kier molecular flexibility index (Phi) is 10.4. The molecule has 18 heteroatoms. The van der Waals surface area contributed by atoms with Crippen LogP contribution in [0.4, 0.5) is 26.3 Å². The van der Waals surface area contributed by atoms with Crippen molar-refractivity contribution in [1.29, 1.82) is 0 Å². The van der Waals surface area contributed by atoms with Crippen molar-refractivity contribution in [3.8, 4) is 0 Å². The van der Waals surface area contributed by atoms with E-state index in [0.29, 0.717) is 12.1 Å². The molecule has 0 spiro atoms. The van der Waals surface area contributed by atoms with Gasteiger partial charge in [-0.25, -0.2) is 8.37 Å². The molecule has 2 aromatic rings. The van der Waals surface area contributed by atoms with Gasteiger partial charge in [-0.2, -0.15) is 43.2 Å². The highest BCUT2D eigenvalue weighted by Crippen LogP contribution is 2.38. The van der Waals surface area contributed by atoms with Crippen LogP contribution in [0.2, 0.25) is 0 Å². The van der Waals surface area contributed by atoms with E-state index < -0.39 is 75.3 Å². The summed E-state index contributed by atoms with van der Waals surface area (Å²) >= 11 is 0. The predicted molar refractivity (Wildman–Crippen MR) is 118 cm³/mol. The minimum Gasteiger partial charge on any atom is -0.232 e. The first-order valence-corrected chi connectivity index (χ1v) is 14.3. The van der Waals surface area contributed by atoms with Crippen molar-refractivity contribution in [2.75, 3.05) is 13.6 Å². The Hall–Kier alpha value is -2.14. The van der Waals surface area contributed by atoms with Gasteiger partial charge in [-0.05, 0) is 36.1 Å². The fraction of sp³-hybridized carbons (Fsp3) is 0.400. The van der Waals surface area contributed by atoms with Gasteiger partial charge in [-0.15, -0.1) is 0 Å². The third kappa shape index (κ3) is 7.94.